The molecule has 17 heavy (non-hydrogen) atoms. The van der Waals surface area contributed by atoms with Gasteiger partial charge in [-0.25, -0.2) is 14.2 Å². The second kappa shape index (κ2) is 4.61. The Labute approximate surface area is 96.7 Å². The predicted octanol–water partition coefficient (Wildman–Crippen LogP) is 2.66. The maximum atomic E-state index is 12.9. The lowest BCUT2D eigenvalue weighted by Gasteiger charge is -2.05. The van der Waals surface area contributed by atoms with Gasteiger partial charge in [-0.1, -0.05) is 6.07 Å². The van der Waals surface area contributed by atoms with E-state index in [0.717, 1.165) is 0 Å². The molecule has 0 saturated heterocycles. The fourth-order valence-corrected chi connectivity index (χ4v) is 1.35. The number of carboxylic acid groups (broad SMARTS) is 1. The summed E-state index contributed by atoms with van der Waals surface area (Å²) in [6.07, 6.45) is 1.38. The molecule has 0 radical (unpaired) electrons. The third-order valence-electron chi connectivity index (χ3n) is 2.10. The number of pyridine rings is 1. The smallest absolute Gasteiger partial charge is 0.335 e. The normalized spacial score (nSPS) is 9.94. The Morgan fingerprint density at radius 3 is 2.82 bits per heavy atom. The maximum Gasteiger partial charge on any atom is 0.335 e. The third kappa shape index (κ3) is 2.78. The van der Waals surface area contributed by atoms with Gasteiger partial charge in [0.15, 0.2) is 0 Å². The van der Waals surface area contributed by atoms with Gasteiger partial charge < -0.3 is 10.4 Å². The van der Waals surface area contributed by atoms with E-state index in [0.29, 0.717) is 11.5 Å². The van der Waals surface area contributed by atoms with Crippen molar-refractivity contribution >= 4 is 17.5 Å². The van der Waals surface area contributed by atoms with Gasteiger partial charge in [0.2, 0.25) is 0 Å². The van der Waals surface area contributed by atoms with Crippen LogP contribution in [-0.4, -0.2) is 16.1 Å². The first-order valence-electron chi connectivity index (χ1n) is 4.87. The molecule has 0 saturated carbocycles. The molecule has 0 amide bonds. The Morgan fingerprint density at radius 1 is 1.29 bits per heavy atom. The zero-order valence-corrected chi connectivity index (χ0v) is 8.72. The van der Waals surface area contributed by atoms with Crippen molar-refractivity contribution in [2.45, 2.75) is 0 Å². The van der Waals surface area contributed by atoms with Crippen LogP contribution in [0.25, 0.3) is 0 Å². The first-order valence-corrected chi connectivity index (χ1v) is 4.87. The van der Waals surface area contributed by atoms with Gasteiger partial charge in [-0.3, -0.25) is 0 Å². The van der Waals surface area contributed by atoms with Crippen LogP contribution in [0.1, 0.15) is 10.4 Å². The average molecular weight is 232 g/mol. The second-order valence-corrected chi connectivity index (χ2v) is 3.37. The first kappa shape index (κ1) is 11.1. The molecule has 0 spiro atoms. The summed E-state index contributed by atoms with van der Waals surface area (Å²) >= 11 is 0. The van der Waals surface area contributed by atoms with Gasteiger partial charge in [-0.05, 0) is 30.3 Å². The van der Waals surface area contributed by atoms with Crippen molar-refractivity contribution in [3.63, 3.8) is 0 Å². The molecule has 0 unspecified atom stereocenters. The summed E-state index contributed by atoms with van der Waals surface area (Å²) in [5.74, 6) is -1.05. The molecule has 2 aromatic rings. The van der Waals surface area contributed by atoms with Crippen LogP contribution in [0, 0.1) is 5.82 Å². The van der Waals surface area contributed by atoms with Crippen molar-refractivity contribution in [2.24, 2.45) is 0 Å². The molecule has 2 rings (SSSR count). The summed E-state index contributed by atoms with van der Waals surface area (Å²) in [5, 5.41) is 11.6. The van der Waals surface area contributed by atoms with Gasteiger partial charge in [-0.15, -0.1) is 0 Å². The minimum atomic E-state index is -1.03. The molecule has 1 aromatic carbocycles. The Bertz CT molecular complexity index is 558. The fourth-order valence-electron chi connectivity index (χ4n) is 1.35. The Hall–Kier alpha value is -2.43. The van der Waals surface area contributed by atoms with Crippen molar-refractivity contribution in [3.05, 3.63) is 54.0 Å². The van der Waals surface area contributed by atoms with Gasteiger partial charge in [-0.2, -0.15) is 0 Å². The highest BCUT2D eigenvalue weighted by Gasteiger charge is 2.04. The van der Waals surface area contributed by atoms with Crippen molar-refractivity contribution < 1.29 is 14.3 Å². The van der Waals surface area contributed by atoms with Crippen molar-refractivity contribution in [1.82, 2.24) is 4.98 Å². The van der Waals surface area contributed by atoms with Crippen LogP contribution in [0.3, 0.4) is 0 Å². The number of aromatic nitrogens is 1. The standard InChI is InChI=1S/C12H9FN2O2/c13-9-2-1-3-10(7-9)15-11-6-8(12(16)17)4-5-14-11/h1-7H,(H,14,15)(H,16,17). The molecule has 0 aliphatic carbocycles. The Kier molecular flexibility index (Phi) is 3.00. The van der Waals surface area contributed by atoms with Crippen molar-refractivity contribution in [3.8, 4) is 0 Å². The highest BCUT2D eigenvalue weighted by atomic mass is 19.1. The van der Waals surface area contributed by atoms with E-state index >= 15 is 0 Å². The van der Waals surface area contributed by atoms with Crippen LogP contribution in [0.5, 0.6) is 0 Å². The Morgan fingerprint density at radius 2 is 2.12 bits per heavy atom. The zero-order chi connectivity index (χ0) is 12.3. The van der Waals surface area contributed by atoms with Crippen molar-refractivity contribution in [1.29, 1.82) is 0 Å². The summed E-state index contributed by atoms with van der Waals surface area (Å²) in [4.78, 5) is 14.7. The van der Waals surface area contributed by atoms with E-state index < -0.39 is 5.97 Å². The topological polar surface area (TPSA) is 62.2 Å². The number of carboxylic acids is 1. The molecular weight excluding hydrogens is 223 g/mol. The van der Waals surface area contributed by atoms with Gasteiger partial charge in [0.1, 0.15) is 11.6 Å². The van der Waals surface area contributed by atoms with E-state index in [1.165, 1.54) is 30.5 Å². The molecular formula is C12H9FN2O2. The number of hydrogen-bond acceptors (Lipinski definition) is 3. The van der Waals surface area contributed by atoms with Crippen LogP contribution in [0.15, 0.2) is 42.6 Å². The number of nitrogens with zero attached hydrogens (tertiary/aromatic N) is 1. The van der Waals surface area contributed by atoms with E-state index in [2.05, 4.69) is 10.3 Å². The van der Waals surface area contributed by atoms with E-state index in [9.17, 15) is 9.18 Å². The van der Waals surface area contributed by atoms with Gasteiger partial charge in [0.05, 0.1) is 5.56 Å². The lowest BCUT2D eigenvalue weighted by atomic mass is 10.2. The van der Waals surface area contributed by atoms with E-state index in [4.69, 9.17) is 5.11 Å². The lowest BCUT2D eigenvalue weighted by molar-refractivity contribution is 0.0697. The van der Waals surface area contributed by atoms with E-state index in [1.807, 2.05) is 0 Å². The van der Waals surface area contributed by atoms with Gasteiger partial charge >= 0.3 is 5.97 Å². The lowest BCUT2D eigenvalue weighted by Crippen LogP contribution is -1.99. The number of rotatable bonds is 3. The minimum Gasteiger partial charge on any atom is -0.478 e. The molecule has 0 atom stereocenters. The molecule has 2 N–H and O–H groups in total. The van der Waals surface area contributed by atoms with Crippen LogP contribution in [0.2, 0.25) is 0 Å². The molecule has 0 aliphatic rings. The predicted molar refractivity (Wildman–Crippen MR) is 60.9 cm³/mol. The van der Waals surface area contributed by atoms with Crippen LogP contribution >= 0.6 is 0 Å². The maximum absolute atomic E-state index is 12.9. The average Bonchev–Trinajstić information content (AvgIpc) is 2.29. The summed E-state index contributed by atoms with van der Waals surface area (Å²) in [6.45, 7) is 0. The molecule has 0 fully saturated rings. The van der Waals surface area contributed by atoms with Crippen LogP contribution < -0.4 is 5.32 Å². The van der Waals surface area contributed by atoms with Crippen LogP contribution in [-0.2, 0) is 0 Å². The second-order valence-electron chi connectivity index (χ2n) is 3.37. The van der Waals surface area contributed by atoms with E-state index in [1.54, 1.807) is 12.1 Å². The van der Waals surface area contributed by atoms with Crippen LogP contribution in [0.4, 0.5) is 15.9 Å². The van der Waals surface area contributed by atoms with Gasteiger partial charge in [0.25, 0.3) is 0 Å². The number of halogens is 1. The molecule has 0 aliphatic heterocycles. The van der Waals surface area contributed by atoms with Crippen molar-refractivity contribution in [2.75, 3.05) is 5.32 Å². The minimum absolute atomic E-state index is 0.124. The highest BCUT2D eigenvalue weighted by molar-refractivity contribution is 5.88. The molecule has 86 valence electrons. The SMILES string of the molecule is O=C(O)c1ccnc(Nc2cccc(F)c2)c1. The zero-order valence-electron chi connectivity index (χ0n) is 8.72. The summed E-state index contributed by atoms with van der Waals surface area (Å²) in [7, 11) is 0. The fraction of sp³-hybridized carbons (Fsp3) is 0. The molecule has 5 heteroatoms. The molecule has 4 nitrogen and oxygen atoms in total. The molecule has 1 heterocycles. The number of anilines is 2. The monoisotopic (exact) mass is 232 g/mol. The number of aromatic carboxylic acids is 1. The highest BCUT2D eigenvalue weighted by Crippen LogP contribution is 2.16. The number of carbonyl (C=O) groups is 1. The Balaban J connectivity index is 2.24. The van der Waals surface area contributed by atoms with E-state index in [-0.39, 0.29) is 11.4 Å². The first-order chi connectivity index (χ1) is 8.15. The molecule has 1 aromatic heterocycles. The number of nitrogens with one attached hydrogen (secondary N) is 1. The number of hydrogen-bond donors (Lipinski definition) is 2. The quantitative estimate of drug-likeness (QED) is 0.853. The summed E-state index contributed by atoms with van der Waals surface area (Å²) in [5.41, 5.74) is 0.638. The third-order valence-corrected chi connectivity index (χ3v) is 2.10. The molecule has 0 bridgehead atoms. The van der Waals surface area contributed by atoms with Gasteiger partial charge in [0, 0.05) is 11.9 Å². The summed E-state index contributed by atoms with van der Waals surface area (Å²) in [6, 6.07) is 8.62. The number of benzene rings is 1. The summed E-state index contributed by atoms with van der Waals surface area (Å²) < 4.78 is 12.9. The largest absolute Gasteiger partial charge is 0.478 e.